The van der Waals surface area contributed by atoms with E-state index in [1.54, 1.807) is 41.8 Å². The average Bonchev–Trinajstić information content (AvgIpc) is 3.02. The lowest BCUT2D eigenvalue weighted by Gasteiger charge is -2.02. The molecule has 4 aromatic rings. The Balaban J connectivity index is 1.81. The number of fused-ring (bicyclic) bond motifs is 2. The molecular weight excluding hydrogens is 330 g/mol. The summed E-state index contributed by atoms with van der Waals surface area (Å²) in [6, 6.07) is 11.1. The fourth-order valence-corrected chi connectivity index (χ4v) is 3.36. The first-order valence-corrected chi connectivity index (χ1v) is 8.16. The number of hydrogen-bond donors (Lipinski definition) is 1. The Morgan fingerprint density at radius 1 is 1.22 bits per heavy atom. The molecular formula is C17H10ClN3OS. The number of pyridine rings is 1. The summed E-state index contributed by atoms with van der Waals surface area (Å²) in [6.07, 6.45) is 3.50. The molecule has 0 aliphatic heterocycles. The third-order valence-corrected chi connectivity index (χ3v) is 4.60. The van der Waals surface area contributed by atoms with E-state index in [1.807, 2.05) is 23.6 Å². The maximum Gasteiger partial charge on any atom is 0.259 e. The van der Waals surface area contributed by atoms with Crippen LogP contribution in [0, 0.1) is 0 Å². The number of aromatic nitrogens is 3. The van der Waals surface area contributed by atoms with Crippen LogP contribution in [0.5, 0.6) is 0 Å². The third-order valence-electron chi connectivity index (χ3n) is 3.46. The van der Waals surface area contributed by atoms with E-state index in [4.69, 9.17) is 11.6 Å². The van der Waals surface area contributed by atoms with Gasteiger partial charge in [-0.25, -0.2) is 4.98 Å². The van der Waals surface area contributed by atoms with Gasteiger partial charge in [-0.3, -0.25) is 9.78 Å². The van der Waals surface area contributed by atoms with E-state index in [1.165, 1.54) is 0 Å². The first kappa shape index (κ1) is 14.1. The molecule has 0 bridgehead atoms. The van der Waals surface area contributed by atoms with E-state index in [2.05, 4.69) is 15.0 Å². The Morgan fingerprint density at radius 3 is 3.00 bits per heavy atom. The normalized spacial score (nSPS) is 12.1. The predicted molar refractivity (Wildman–Crippen MR) is 95.7 cm³/mol. The van der Waals surface area contributed by atoms with E-state index < -0.39 is 0 Å². The van der Waals surface area contributed by atoms with E-state index >= 15 is 0 Å². The summed E-state index contributed by atoms with van der Waals surface area (Å²) in [6.45, 7) is 0. The first-order valence-electron chi connectivity index (χ1n) is 6.90. The number of benzene rings is 1. The van der Waals surface area contributed by atoms with Crippen molar-refractivity contribution in [1.29, 1.82) is 0 Å². The molecule has 0 spiro atoms. The van der Waals surface area contributed by atoms with E-state index in [-0.39, 0.29) is 5.56 Å². The molecule has 0 saturated carbocycles. The van der Waals surface area contributed by atoms with Gasteiger partial charge in [0.1, 0.15) is 0 Å². The molecule has 6 heteroatoms. The molecule has 0 amide bonds. The molecule has 0 atom stereocenters. The van der Waals surface area contributed by atoms with Crippen LogP contribution in [0.1, 0.15) is 11.4 Å². The molecule has 4 rings (SSSR count). The van der Waals surface area contributed by atoms with Crippen molar-refractivity contribution in [3.63, 3.8) is 0 Å². The van der Waals surface area contributed by atoms with E-state index in [9.17, 15) is 4.79 Å². The fraction of sp³-hybridized carbons (Fsp3) is 0. The van der Waals surface area contributed by atoms with Gasteiger partial charge in [-0.2, -0.15) is 0 Å². The van der Waals surface area contributed by atoms with Crippen molar-refractivity contribution in [1.82, 2.24) is 15.0 Å². The maximum atomic E-state index is 12.1. The lowest BCUT2D eigenvalue weighted by atomic mass is 10.2. The van der Waals surface area contributed by atoms with Crippen LogP contribution in [0.2, 0.25) is 0 Å². The highest BCUT2D eigenvalue weighted by Crippen LogP contribution is 2.23. The van der Waals surface area contributed by atoms with Gasteiger partial charge < -0.3 is 4.98 Å². The highest BCUT2D eigenvalue weighted by molar-refractivity contribution is 7.17. The van der Waals surface area contributed by atoms with Crippen molar-refractivity contribution in [3.05, 3.63) is 69.7 Å². The number of hydrogen-bond acceptors (Lipinski definition) is 4. The topological polar surface area (TPSA) is 58.6 Å². The van der Waals surface area contributed by atoms with Crippen LogP contribution in [0.3, 0.4) is 0 Å². The van der Waals surface area contributed by atoms with Gasteiger partial charge in [-0.15, -0.1) is 11.3 Å². The van der Waals surface area contributed by atoms with Crippen LogP contribution in [-0.2, 0) is 0 Å². The van der Waals surface area contributed by atoms with Gasteiger partial charge >= 0.3 is 0 Å². The van der Waals surface area contributed by atoms with Gasteiger partial charge in [0.25, 0.3) is 5.56 Å². The summed E-state index contributed by atoms with van der Waals surface area (Å²) in [5.41, 5.74) is 2.23. The summed E-state index contributed by atoms with van der Waals surface area (Å²) in [5.74, 6) is 0.349. The summed E-state index contributed by atoms with van der Waals surface area (Å²) in [7, 11) is 0. The molecule has 1 aromatic carbocycles. The standard InChI is InChI=1S/C17H10ClN3OS/c18-12(7-10-8-15-14(19-9-10)5-6-23-15)16-20-13-4-2-1-3-11(13)17(22)21-16/h1-9H,(H,20,21,22). The molecule has 0 unspecified atom stereocenters. The predicted octanol–water partition coefficient (Wildman–Crippen LogP) is 4.27. The molecule has 0 radical (unpaired) electrons. The first-order chi connectivity index (χ1) is 11.2. The summed E-state index contributed by atoms with van der Waals surface area (Å²) < 4.78 is 1.09. The highest BCUT2D eigenvalue weighted by Gasteiger charge is 2.07. The van der Waals surface area contributed by atoms with Crippen LogP contribution >= 0.6 is 22.9 Å². The molecule has 4 nitrogen and oxygen atoms in total. The zero-order valence-corrected chi connectivity index (χ0v) is 13.4. The second-order valence-corrected chi connectivity index (χ2v) is 6.35. The number of thiophene rings is 1. The van der Waals surface area contributed by atoms with Gasteiger partial charge in [-0.1, -0.05) is 23.7 Å². The van der Waals surface area contributed by atoms with Gasteiger partial charge in [0.05, 0.1) is 26.2 Å². The molecule has 3 aromatic heterocycles. The number of rotatable bonds is 2. The van der Waals surface area contributed by atoms with Crippen LogP contribution in [0.4, 0.5) is 0 Å². The van der Waals surface area contributed by atoms with E-state index in [0.29, 0.717) is 21.8 Å². The quantitative estimate of drug-likeness (QED) is 0.593. The van der Waals surface area contributed by atoms with Crippen LogP contribution in [0.15, 0.2) is 52.8 Å². The lowest BCUT2D eigenvalue weighted by molar-refractivity contribution is 1.14. The fourth-order valence-electron chi connectivity index (χ4n) is 2.35. The molecule has 3 heterocycles. The molecule has 0 fully saturated rings. The second kappa shape index (κ2) is 5.61. The van der Waals surface area contributed by atoms with Crippen molar-refractivity contribution in [2.24, 2.45) is 0 Å². The number of para-hydroxylation sites is 1. The van der Waals surface area contributed by atoms with Crippen molar-refractivity contribution in [2.75, 3.05) is 0 Å². The maximum absolute atomic E-state index is 12.1. The molecule has 0 aliphatic carbocycles. The number of nitrogens with zero attached hydrogens (tertiary/aromatic N) is 2. The van der Waals surface area contributed by atoms with E-state index in [0.717, 1.165) is 15.8 Å². The van der Waals surface area contributed by atoms with Crippen LogP contribution < -0.4 is 5.56 Å². The Bertz CT molecular complexity index is 1110. The summed E-state index contributed by atoms with van der Waals surface area (Å²) >= 11 is 7.96. The van der Waals surface area contributed by atoms with Crippen LogP contribution in [0.25, 0.3) is 32.2 Å². The number of aromatic amines is 1. The smallest absolute Gasteiger partial charge is 0.259 e. The largest absolute Gasteiger partial charge is 0.305 e. The van der Waals surface area contributed by atoms with Crippen molar-refractivity contribution >= 4 is 55.2 Å². The van der Waals surface area contributed by atoms with Crippen molar-refractivity contribution in [3.8, 4) is 0 Å². The van der Waals surface area contributed by atoms with Gasteiger partial charge in [-0.05, 0) is 41.3 Å². The molecule has 23 heavy (non-hydrogen) atoms. The highest BCUT2D eigenvalue weighted by atomic mass is 35.5. The number of halogens is 1. The summed E-state index contributed by atoms with van der Waals surface area (Å²) in [4.78, 5) is 23.6. The SMILES string of the molecule is O=c1[nH]c(C(Cl)=Cc2cnc3ccsc3c2)nc2ccccc12. The van der Waals surface area contributed by atoms with Crippen molar-refractivity contribution in [2.45, 2.75) is 0 Å². The minimum Gasteiger partial charge on any atom is -0.305 e. The Hall–Kier alpha value is -2.50. The Morgan fingerprint density at radius 2 is 2.09 bits per heavy atom. The second-order valence-electron chi connectivity index (χ2n) is 5.00. The minimum atomic E-state index is -0.205. The van der Waals surface area contributed by atoms with Crippen LogP contribution in [-0.4, -0.2) is 15.0 Å². The monoisotopic (exact) mass is 339 g/mol. The zero-order chi connectivity index (χ0) is 15.8. The Kier molecular flexibility index (Phi) is 3.44. The molecule has 0 aliphatic rings. The number of H-pyrrole nitrogens is 1. The van der Waals surface area contributed by atoms with Gasteiger partial charge in [0.15, 0.2) is 5.82 Å². The minimum absolute atomic E-state index is 0.205. The van der Waals surface area contributed by atoms with Crippen molar-refractivity contribution < 1.29 is 0 Å². The lowest BCUT2D eigenvalue weighted by Crippen LogP contribution is -2.10. The van der Waals surface area contributed by atoms with Gasteiger partial charge in [0.2, 0.25) is 0 Å². The molecule has 112 valence electrons. The number of nitrogens with one attached hydrogen (secondary N) is 1. The average molecular weight is 340 g/mol. The Labute approximate surface area is 140 Å². The van der Waals surface area contributed by atoms with Gasteiger partial charge in [0, 0.05) is 6.20 Å². The molecule has 0 saturated heterocycles. The molecule has 1 N–H and O–H groups in total. The zero-order valence-electron chi connectivity index (χ0n) is 11.8. The summed E-state index contributed by atoms with van der Waals surface area (Å²) in [5, 5.41) is 2.91. The third kappa shape index (κ3) is 2.65.